The summed E-state index contributed by atoms with van der Waals surface area (Å²) < 4.78 is 5.85. The van der Waals surface area contributed by atoms with Gasteiger partial charge in [0.15, 0.2) is 0 Å². The van der Waals surface area contributed by atoms with Crippen LogP contribution in [0.3, 0.4) is 0 Å². The zero-order valence-corrected chi connectivity index (χ0v) is 14.1. The molecule has 2 fully saturated rings. The van der Waals surface area contributed by atoms with Gasteiger partial charge in [-0.3, -0.25) is 0 Å². The standard InChI is InChI=1S/C17H27N3O.ClH/c1-2-11-19(10-1)12-3-15-21-17-6-4-16(5-7-17)20-13-8-18-9-14-20;/h4-7,18H,1-3,8-15H2;1H. The summed E-state index contributed by atoms with van der Waals surface area (Å²) in [6, 6.07) is 8.57. The Morgan fingerprint density at radius 2 is 1.64 bits per heavy atom. The lowest BCUT2D eigenvalue weighted by molar-refractivity contribution is 0.263. The number of likely N-dealkylation sites (tertiary alicyclic amines) is 1. The van der Waals surface area contributed by atoms with Crippen molar-refractivity contribution in [1.82, 2.24) is 10.2 Å². The molecular weight excluding hydrogens is 298 g/mol. The SMILES string of the molecule is Cl.c1cc(N2CCNCC2)ccc1OCCCN1CCCC1. The maximum absolute atomic E-state index is 5.85. The van der Waals surface area contributed by atoms with Gasteiger partial charge in [0, 0.05) is 38.4 Å². The molecule has 2 aliphatic rings. The molecule has 2 heterocycles. The third-order valence-corrected chi connectivity index (χ3v) is 4.40. The molecule has 0 aliphatic carbocycles. The maximum atomic E-state index is 5.85. The summed E-state index contributed by atoms with van der Waals surface area (Å²) in [4.78, 5) is 4.96. The lowest BCUT2D eigenvalue weighted by Crippen LogP contribution is -2.43. The van der Waals surface area contributed by atoms with Crippen molar-refractivity contribution >= 4 is 18.1 Å². The smallest absolute Gasteiger partial charge is 0.119 e. The van der Waals surface area contributed by atoms with Gasteiger partial charge in [0.1, 0.15) is 5.75 Å². The van der Waals surface area contributed by atoms with Crippen LogP contribution < -0.4 is 15.0 Å². The van der Waals surface area contributed by atoms with E-state index in [0.29, 0.717) is 0 Å². The fourth-order valence-electron chi connectivity index (χ4n) is 3.16. The molecule has 0 spiro atoms. The predicted molar refractivity (Wildman–Crippen MR) is 94.6 cm³/mol. The second-order valence-electron chi connectivity index (χ2n) is 5.98. The largest absolute Gasteiger partial charge is 0.494 e. The van der Waals surface area contributed by atoms with Gasteiger partial charge in [0.2, 0.25) is 0 Å². The Labute approximate surface area is 140 Å². The van der Waals surface area contributed by atoms with Crippen molar-refractivity contribution in [3.63, 3.8) is 0 Å². The topological polar surface area (TPSA) is 27.7 Å². The quantitative estimate of drug-likeness (QED) is 0.813. The lowest BCUT2D eigenvalue weighted by atomic mass is 10.2. The Morgan fingerprint density at radius 1 is 0.955 bits per heavy atom. The van der Waals surface area contributed by atoms with Crippen LogP contribution in [0.15, 0.2) is 24.3 Å². The molecule has 2 saturated heterocycles. The van der Waals surface area contributed by atoms with E-state index in [1.807, 2.05) is 0 Å². The average Bonchev–Trinajstić information content (AvgIpc) is 3.06. The van der Waals surface area contributed by atoms with Crippen molar-refractivity contribution in [2.75, 3.05) is 57.3 Å². The van der Waals surface area contributed by atoms with Crippen LogP contribution in [0.25, 0.3) is 0 Å². The molecule has 1 aromatic carbocycles. The number of benzene rings is 1. The molecule has 0 amide bonds. The number of hydrogen-bond donors (Lipinski definition) is 1. The molecule has 1 aromatic rings. The number of hydrogen-bond acceptors (Lipinski definition) is 4. The highest BCUT2D eigenvalue weighted by atomic mass is 35.5. The van der Waals surface area contributed by atoms with Gasteiger partial charge >= 0.3 is 0 Å². The Kier molecular flexibility index (Phi) is 7.30. The first kappa shape index (κ1) is 17.4. The fourth-order valence-corrected chi connectivity index (χ4v) is 3.16. The number of rotatable bonds is 6. The third kappa shape index (κ3) is 5.04. The van der Waals surface area contributed by atoms with Gasteiger partial charge in [-0.25, -0.2) is 0 Å². The summed E-state index contributed by atoms with van der Waals surface area (Å²) >= 11 is 0. The number of anilines is 1. The van der Waals surface area contributed by atoms with Gasteiger partial charge in [-0.05, 0) is 56.6 Å². The Balaban J connectivity index is 0.00000176. The van der Waals surface area contributed by atoms with Crippen LogP contribution in [0.1, 0.15) is 19.3 Å². The van der Waals surface area contributed by atoms with E-state index in [0.717, 1.165) is 45.0 Å². The van der Waals surface area contributed by atoms with E-state index in [1.165, 1.54) is 38.2 Å². The van der Waals surface area contributed by atoms with E-state index in [1.54, 1.807) is 0 Å². The van der Waals surface area contributed by atoms with E-state index < -0.39 is 0 Å². The van der Waals surface area contributed by atoms with E-state index in [9.17, 15) is 0 Å². The molecule has 3 rings (SSSR count). The minimum atomic E-state index is 0. The van der Waals surface area contributed by atoms with Crippen molar-refractivity contribution in [1.29, 1.82) is 0 Å². The molecule has 0 saturated carbocycles. The highest BCUT2D eigenvalue weighted by molar-refractivity contribution is 5.85. The Hall–Kier alpha value is -0.970. The zero-order valence-electron chi connectivity index (χ0n) is 13.3. The van der Waals surface area contributed by atoms with Gasteiger partial charge in [-0.15, -0.1) is 12.4 Å². The maximum Gasteiger partial charge on any atom is 0.119 e. The van der Waals surface area contributed by atoms with Crippen LogP contribution in [-0.4, -0.2) is 57.3 Å². The fraction of sp³-hybridized carbons (Fsp3) is 0.647. The zero-order chi connectivity index (χ0) is 14.3. The van der Waals surface area contributed by atoms with Crippen molar-refractivity contribution in [3.8, 4) is 5.75 Å². The molecule has 0 bridgehead atoms. The highest BCUT2D eigenvalue weighted by Gasteiger charge is 2.11. The molecule has 22 heavy (non-hydrogen) atoms. The summed E-state index contributed by atoms with van der Waals surface area (Å²) in [7, 11) is 0. The number of nitrogens with zero attached hydrogens (tertiary/aromatic N) is 2. The van der Waals surface area contributed by atoms with Gasteiger partial charge in [-0.1, -0.05) is 0 Å². The molecule has 0 unspecified atom stereocenters. The normalized spacial score (nSPS) is 19.0. The molecule has 2 aliphatic heterocycles. The summed E-state index contributed by atoms with van der Waals surface area (Å²) in [6.45, 7) is 8.90. The molecule has 4 nitrogen and oxygen atoms in total. The van der Waals surface area contributed by atoms with Crippen molar-refractivity contribution in [3.05, 3.63) is 24.3 Å². The van der Waals surface area contributed by atoms with Gasteiger partial charge in [0.05, 0.1) is 6.61 Å². The van der Waals surface area contributed by atoms with Crippen molar-refractivity contribution < 1.29 is 4.74 Å². The Bertz CT molecular complexity index is 414. The summed E-state index contributed by atoms with van der Waals surface area (Å²) in [6.07, 6.45) is 3.86. The van der Waals surface area contributed by atoms with Crippen LogP contribution >= 0.6 is 12.4 Å². The van der Waals surface area contributed by atoms with Crippen molar-refractivity contribution in [2.24, 2.45) is 0 Å². The lowest BCUT2D eigenvalue weighted by Gasteiger charge is -2.29. The number of halogens is 1. The first-order valence-electron chi connectivity index (χ1n) is 8.33. The monoisotopic (exact) mass is 325 g/mol. The van der Waals surface area contributed by atoms with Crippen LogP contribution in [0.4, 0.5) is 5.69 Å². The summed E-state index contributed by atoms with van der Waals surface area (Å²) in [5, 5.41) is 3.38. The summed E-state index contributed by atoms with van der Waals surface area (Å²) in [5.74, 6) is 0.996. The number of ether oxygens (including phenoxy) is 1. The van der Waals surface area contributed by atoms with Crippen LogP contribution in [0.2, 0.25) is 0 Å². The summed E-state index contributed by atoms with van der Waals surface area (Å²) in [5.41, 5.74) is 1.31. The Morgan fingerprint density at radius 3 is 2.32 bits per heavy atom. The second kappa shape index (κ2) is 9.23. The van der Waals surface area contributed by atoms with E-state index >= 15 is 0 Å². The number of nitrogens with one attached hydrogen (secondary N) is 1. The molecule has 5 heteroatoms. The van der Waals surface area contributed by atoms with Crippen LogP contribution in [0.5, 0.6) is 5.75 Å². The molecule has 1 N–H and O–H groups in total. The van der Waals surface area contributed by atoms with Crippen LogP contribution in [-0.2, 0) is 0 Å². The molecule has 0 atom stereocenters. The predicted octanol–water partition coefficient (Wildman–Crippen LogP) is 2.38. The van der Waals surface area contributed by atoms with Crippen LogP contribution in [0, 0.1) is 0 Å². The second-order valence-corrected chi connectivity index (χ2v) is 5.98. The molecule has 0 aromatic heterocycles. The average molecular weight is 326 g/mol. The van der Waals surface area contributed by atoms with E-state index in [4.69, 9.17) is 4.74 Å². The first-order chi connectivity index (χ1) is 10.4. The first-order valence-corrected chi connectivity index (χ1v) is 8.33. The molecule has 0 radical (unpaired) electrons. The molecular formula is C17H28ClN3O. The van der Waals surface area contributed by atoms with Gasteiger partial charge in [0.25, 0.3) is 0 Å². The number of piperazine rings is 1. The van der Waals surface area contributed by atoms with E-state index in [2.05, 4.69) is 39.4 Å². The van der Waals surface area contributed by atoms with Crippen molar-refractivity contribution in [2.45, 2.75) is 19.3 Å². The van der Waals surface area contributed by atoms with Gasteiger partial charge in [-0.2, -0.15) is 0 Å². The highest BCUT2D eigenvalue weighted by Crippen LogP contribution is 2.20. The minimum Gasteiger partial charge on any atom is -0.494 e. The van der Waals surface area contributed by atoms with Gasteiger partial charge < -0.3 is 19.9 Å². The third-order valence-electron chi connectivity index (χ3n) is 4.40. The van der Waals surface area contributed by atoms with E-state index in [-0.39, 0.29) is 12.4 Å². The molecule has 124 valence electrons. The minimum absolute atomic E-state index is 0.